The van der Waals surface area contributed by atoms with Gasteiger partial charge in [0, 0.05) is 36.3 Å². The molecule has 1 unspecified atom stereocenters. The van der Waals surface area contributed by atoms with Gasteiger partial charge in [-0.2, -0.15) is 0 Å². The first-order valence-corrected chi connectivity index (χ1v) is 6.75. The van der Waals surface area contributed by atoms with Crippen LogP contribution in [-0.2, 0) is 0 Å². The van der Waals surface area contributed by atoms with E-state index in [-0.39, 0.29) is 11.6 Å². The topological polar surface area (TPSA) is 75.5 Å². The highest BCUT2D eigenvalue weighted by Crippen LogP contribution is 2.23. The summed E-state index contributed by atoms with van der Waals surface area (Å²) < 4.78 is 0. The molecule has 108 valence electrons. The van der Waals surface area contributed by atoms with Gasteiger partial charge in [0.05, 0.1) is 4.92 Å². The Hall–Kier alpha value is -1.95. The van der Waals surface area contributed by atoms with E-state index in [2.05, 4.69) is 5.32 Å². The molecule has 6 heteroatoms. The molecule has 1 fully saturated rings. The van der Waals surface area contributed by atoms with Crippen molar-refractivity contribution in [1.82, 2.24) is 10.2 Å². The molecule has 1 amide bonds. The molecule has 0 bridgehead atoms. The molecular formula is C14H19N3O3. The van der Waals surface area contributed by atoms with Crippen LogP contribution < -0.4 is 5.32 Å². The number of benzene rings is 1. The van der Waals surface area contributed by atoms with Crippen LogP contribution in [0.3, 0.4) is 0 Å². The molecule has 1 aromatic carbocycles. The third kappa shape index (κ3) is 2.80. The lowest BCUT2D eigenvalue weighted by atomic mass is 10.0. The van der Waals surface area contributed by atoms with Gasteiger partial charge in [-0.3, -0.25) is 14.9 Å². The van der Waals surface area contributed by atoms with Crippen molar-refractivity contribution in [3.05, 3.63) is 39.4 Å². The molecule has 1 atom stereocenters. The third-order valence-corrected chi connectivity index (χ3v) is 3.85. The van der Waals surface area contributed by atoms with Crippen LogP contribution in [0.2, 0.25) is 0 Å². The van der Waals surface area contributed by atoms with Crippen LogP contribution in [-0.4, -0.2) is 41.9 Å². The summed E-state index contributed by atoms with van der Waals surface area (Å²) in [6.45, 7) is 2.99. The quantitative estimate of drug-likeness (QED) is 0.674. The predicted molar refractivity (Wildman–Crippen MR) is 75.8 cm³/mol. The number of amides is 1. The van der Waals surface area contributed by atoms with Gasteiger partial charge in [-0.15, -0.1) is 0 Å². The van der Waals surface area contributed by atoms with Gasteiger partial charge in [0.25, 0.3) is 11.6 Å². The minimum Gasteiger partial charge on any atom is -0.337 e. The van der Waals surface area contributed by atoms with Gasteiger partial charge in [-0.25, -0.2) is 0 Å². The Balaban J connectivity index is 2.25. The second kappa shape index (κ2) is 6.00. The standard InChI is InChI=1S/C14H19N3O3/c1-10-12(6-3-7-13(10)17(19)20)14(18)16-8-4-5-11(9-16)15-2/h3,6-7,11,15H,4-5,8-9H2,1-2H3. The van der Waals surface area contributed by atoms with Crippen molar-refractivity contribution in [2.24, 2.45) is 0 Å². The van der Waals surface area contributed by atoms with E-state index in [0.717, 1.165) is 12.8 Å². The minimum absolute atomic E-state index is 0.00183. The average molecular weight is 277 g/mol. The van der Waals surface area contributed by atoms with E-state index in [1.54, 1.807) is 24.0 Å². The third-order valence-electron chi connectivity index (χ3n) is 3.85. The molecule has 1 aliphatic heterocycles. The van der Waals surface area contributed by atoms with E-state index in [4.69, 9.17) is 0 Å². The summed E-state index contributed by atoms with van der Waals surface area (Å²) in [4.78, 5) is 24.8. The number of carbonyl (C=O) groups excluding carboxylic acids is 1. The normalized spacial score (nSPS) is 18.9. The Kier molecular flexibility index (Phi) is 4.34. The highest BCUT2D eigenvalue weighted by Gasteiger charge is 2.26. The summed E-state index contributed by atoms with van der Waals surface area (Å²) in [6.07, 6.45) is 2.00. The number of nitrogens with zero attached hydrogens (tertiary/aromatic N) is 2. The van der Waals surface area contributed by atoms with Crippen molar-refractivity contribution in [2.75, 3.05) is 20.1 Å². The smallest absolute Gasteiger partial charge is 0.273 e. The number of nitro benzene ring substituents is 1. The molecule has 1 heterocycles. The second-order valence-electron chi connectivity index (χ2n) is 5.09. The molecule has 1 aliphatic rings. The first-order valence-electron chi connectivity index (χ1n) is 6.75. The van der Waals surface area contributed by atoms with Crippen LogP contribution in [0.1, 0.15) is 28.8 Å². The van der Waals surface area contributed by atoms with Gasteiger partial charge in [0.1, 0.15) is 0 Å². The molecule has 20 heavy (non-hydrogen) atoms. The van der Waals surface area contributed by atoms with Crippen LogP contribution in [0.15, 0.2) is 18.2 Å². The van der Waals surface area contributed by atoms with Gasteiger partial charge < -0.3 is 10.2 Å². The maximum atomic E-state index is 12.5. The zero-order chi connectivity index (χ0) is 14.7. The molecule has 1 saturated heterocycles. The summed E-state index contributed by atoms with van der Waals surface area (Å²) in [7, 11) is 1.89. The molecule has 0 aliphatic carbocycles. The fraction of sp³-hybridized carbons (Fsp3) is 0.500. The first-order chi connectivity index (χ1) is 9.54. The lowest BCUT2D eigenvalue weighted by Gasteiger charge is -2.32. The van der Waals surface area contributed by atoms with Gasteiger partial charge in [-0.05, 0) is 32.9 Å². The molecule has 1 N–H and O–H groups in total. The van der Waals surface area contributed by atoms with E-state index in [1.807, 2.05) is 7.05 Å². The minimum atomic E-state index is -0.446. The van der Waals surface area contributed by atoms with Gasteiger partial charge in [0.2, 0.25) is 0 Å². The molecule has 6 nitrogen and oxygen atoms in total. The zero-order valence-corrected chi connectivity index (χ0v) is 11.8. The van der Waals surface area contributed by atoms with E-state index >= 15 is 0 Å². The SMILES string of the molecule is CNC1CCCN(C(=O)c2cccc([N+](=O)[O-])c2C)C1. The van der Waals surface area contributed by atoms with Gasteiger partial charge in [0.15, 0.2) is 0 Å². The largest absolute Gasteiger partial charge is 0.337 e. The fourth-order valence-electron chi connectivity index (χ4n) is 2.62. The van der Waals surface area contributed by atoms with Crippen LogP contribution in [0.4, 0.5) is 5.69 Å². The van der Waals surface area contributed by atoms with Crippen molar-refractivity contribution < 1.29 is 9.72 Å². The Labute approximate surface area is 117 Å². The molecule has 0 spiro atoms. The van der Waals surface area contributed by atoms with Crippen molar-refractivity contribution in [1.29, 1.82) is 0 Å². The van der Waals surface area contributed by atoms with Crippen molar-refractivity contribution in [3.8, 4) is 0 Å². The number of nitro groups is 1. The number of likely N-dealkylation sites (N-methyl/N-ethyl adjacent to an activating group) is 1. The fourth-order valence-corrected chi connectivity index (χ4v) is 2.62. The summed E-state index contributed by atoms with van der Waals surface area (Å²) in [5, 5.41) is 14.1. The predicted octanol–water partition coefficient (Wildman–Crippen LogP) is 1.73. The Bertz CT molecular complexity index is 530. The number of rotatable bonds is 3. The van der Waals surface area contributed by atoms with Gasteiger partial charge >= 0.3 is 0 Å². The number of nitrogens with one attached hydrogen (secondary N) is 1. The summed E-state index contributed by atoms with van der Waals surface area (Å²) in [5.41, 5.74) is 0.864. The van der Waals surface area contributed by atoms with Gasteiger partial charge in [-0.1, -0.05) is 6.07 Å². The highest BCUT2D eigenvalue weighted by molar-refractivity contribution is 5.96. The monoisotopic (exact) mass is 277 g/mol. The zero-order valence-electron chi connectivity index (χ0n) is 11.8. The molecule has 0 radical (unpaired) electrons. The second-order valence-corrected chi connectivity index (χ2v) is 5.09. The molecule has 2 rings (SSSR count). The molecule has 0 aromatic heterocycles. The lowest BCUT2D eigenvalue weighted by molar-refractivity contribution is -0.385. The summed E-state index contributed by atoms with van der Waals surface area (Å²) in [5.74, 6) is -0.119. The highest BCUT2D eigenvalue weighted by atomic mass is 16.6. The summed E-state index contributed by atoms with van der Waals surface area (Å²) >= 11 is 0. The maximum absolute atomic E-state index is 12.5. The molecule has 0 saturated carbocycles. The van der Waals surface area contributed by atoms with Crippen LogP contribution in [0.5, 0.6) is 0 Å². The number of hydrogen-bond donors (Lipinski definition) is 1. The van der Waals surface area contributed by atoms with Crippen LogP contribution >= 0.6 is 0 Å². The first kappa shape index (κ1) is 14.5. The number of piperidine rings is 1. The van der Waals surface area contributed by atoms with Crippen molar-refractivity contribution in [3.63, 3.8) is 0 Å². The molecular weight excluding hydrogens is 258 g/mol. The maximum Gasteiger partial charge on any atom is 0.273 e. The van der Waals surface area contributed by atoms with E-state index in [0.29, 0.717) is 30.3 Å². The average Bonchev–Trinajstić information content (AvgIpc) is 2.46. The Morgan fingerprint density at radius 2 is 2.25 bits per heavy atom. The Morgan fingerprint density at radius 1 is 1.50 bits per heavy atom. The summed E-state index contributed by atoms with van der Waals surface area (Å²) in [6, 6.07) is 4.95. The molecule has 1 aromatic rings. The number of hydrogen-bond acceptors (Lipinski definition) is 4. The van der Waals surface area contributed by atoms with E-state index in [9.17, 15) is 14.9 Å². The lowest BCUT2D eigenvalue weighted by Crippen LogP contribution is -2.47. The number of likely N-dealkylation sites (tertiary alicyclic amines) is 1. The van der Waals surface area contributed by atoms with Crippen molar-refractivity contribution >= 4 is 11.6 Å². The van der Waals surface area contributed by atoms with E-state index < -0.39 is 4.92 Å². The van der Waals surface area contributed by atoms with E-state index in [1.165, 1.54) is 6.07 Å². The van der Waals surface area contributed by atoms with Crippen molar-refractivity contribution in [2.45, 2.75) is 25.8 Å². The Morgan fingerprint density at radius 3 is 2.90 bits per heavy atom. The van der Waals surface area contributed by atoms with Crippen LogP contribution in [0.25, 0.3) is 0 Å². The van der Waals surface area contributed by atoms with Crippen LogP contribution in [0, 0.1) is 17.0 Å². The number of carbonyl (C=O) groups is 1.